The van der Waals surface area contributed by atoms with E-state index >= 15 is 0 Å². The van der Waals surface area contributed by atoms with E-state index in [0.717, 1.165) is 17.3 Å². The van der Waals surface area contributed by atoms with Gasteiger partial charge in [-0.05, 0) is 50.1 Å². The van der Waals surface area contributed by atoms with E-state index in [1.165, 1.54) is 19.3 Å². The zero-order chi connectivity index (χ0) is 12.1. The molecule has 2 atom stereocenters. The summed E-state index contributed by atoms with van der Waals surface area (Å²) >= 11 is 1.61. The first-order chi connectivity index (χ1) is 8.18. The van der Waals surface area contributed by atoms with Crippen LogP contribution in [0.5, 0.6) is 0 Å². The van der Waals surface area contributed by atoms with Gasteiger partial charge in [0, 0.05) is 11.4 Å². The van der Waals surface area contributed by atoms with Crippen molar-refractivity contribution >= 4 is 11.3 Å². The van der Waals surface area contributed by atoms with Crippen molar-refractivity contribution in [3.05, 3.63) is 34.5 Å². The van der Waals surface area contributed by atoms with Crippen LogP contribution in [0.1, 0.15) is 31.1 Å². The topological polar surface area (TPSA) is 32.3 Å². The molecule has 1 heterocycles. The predicted molar refractivity (Wildman–Crippen MR) is 73.2 cm³/mol. The smallest absolute Gasteiger partial charge is 0.108 e. The summed E-state index contributed by atoms with van der Waals surface area (Å²) in [6, 6.07) is 3.98. The second-order valence-corrected chi connectivity index (χ2v) is 5.98. The molecule has 2 N–H and O–H groups in total. The lowest BCUT2D eigenvalue weighted by Gasteiger charge is -2.25. The van der Waals surface area contributed by atoms with Crippen molar-refractivity contribution in [2.24, 2.45) is 5.92 Å². The first-order valence-corrected chi connectivity index (χ1v) is 7.18. The molecule has 0 fully saturated rings. The van der Waals surface area contributed by atoms with E-state index in [9.17, 15) is 5.11 Å². The Morgan fingerprint density at radius 1 is 1.53 bits per heavy atom. The molecule has 2 unspecified atom stereocenters. The quantitative estimate of drug-likeness (QED) is 0.789. The fourth-order valence-electron chi connectivity index (χ4n) is 2.23. The molecule has 0 amide bonds. The minimum atomic E-state index is -0.737. The number of allylic oxidation sites excluding steroid dienone is 2. The fourth-order valence-corrected chi connectivity index (χ4v) is 3.02. The summed E-state index contributed by atoms with van der Waals surface area (Å²) in [5, 5.41) is 15.8. The van der Waals surface area contributed by atoms with Gasteiger partial charge in [-0.3, -0.25) is 0 Å². The molecule has 1 aliphatic carbocycles. The number of rotatable bonds is 5. The number of aliphatic hydroxyl groups is 1. The highest BCUT2D eigenvalue weighted by Crippen LogP contribution is 2.24. The van der Waals surface area contributed by atoms with Gasteiger partial charge in [-0.1, -0.05) is 18.2 Å². The molecule has 1 aliphatic rings. The molecular weight excluding hydrogens is 230 g/mol. The van der Waals surface area contributed by atoms with Crippen LogP contribution in [-0.2, 0) is 5.60 Å². The minimum Gasteiger partial charge on any atom is -0.383 e. The van der Waals surface area contributed by atoms with E-state index in [0.29, 0.717) is 6.54 Å². The van der Waals surface area contributed by atoms with Crippen molar-refractivity contribution in [3.63, 3.8) is 0 Å². The zero-order valence-corrected chi connectivity index (χ0v) is 11.2. The van der Waals surface area contributed by atoms with Gasteiger partial charge in [0.2, 0.25) is 0 Å². The van der Waals surface area contributed by atoms with E-state index in [4.69, 9.17) is 0 Å². The summed E-state index contributed by atoms with van der Waals surface area (Å²) in [5.41, 5.74) is -0.737. The summed E-state index contributed by atoms with van der Waals surface area (Å²) in [7, 11) is 0. The highest BCUT2D eigenvalue weighted by molar-refractivity contribution is 7.10. The van der Waals surface area contributed by atoms with Gasteiger partial charge in [0.1, 0.15) is 5.60 Å². The Hall–Kier alpha value is -0.640. The third-order valence-electron chi connectivity index (χ3n) is 3.33. The first-order valence-electron chi connectivity index (χ1n) is 6.30. The van der Waals surface area contributed by atoms with Crippen molar-refractivity contribution in [1.29, 1.82) is 0 Å². The average molecular weight is 251 g/mol. The number of hydrogen-bond donors (Lipinski definition) is 2. The van der Waals surface area contributed by atoms with Crippen molar-refractivity contribution in [2.45, 2.75) is 31.8 Å². The summed E-state index contributed by atoms with van der Waals surface area (Å²) in [5.74, 6) is 0.735. The van der Waals surface area contributed by atoms with Crippen LogP contribution in [0.2, 0.25) is 0 Å². The van der Waals surface area contributed by atoms with Crippen LogP contribution in [0.3, 0.4) is 0 Å². The molecule has 17 heavy (non-hydrogen) atoms. The second kappa shape index (κ2) is 5.80. The van der Waals surface area contributed by atoms with Crippen molar-refractivity contribution < 1.29 is 5.11 Å². The van der Waals surface area contributed by atoms with Crippen LogP contribution in [0.4, 0.5) is 0 Å². The lowest BCUT2D eigenvalue weighted by molar-refractivity contribution is 0.0596. The van der Waals surface area contributed by atoms with Crippen molar-refractivity contribution in [3.8, 4) is 0 Å². The molecule has 2 rings (SSSR count). The number of hydrogen-bond acceptors (Lipinski definition) is 3. The molecular formula is C14H21NOS. The Balaban J connectivity index is 1.76. The molecule has 0 saturated heterocycles. The molecule has 0 radical (unpaired) electrons. The Bertz CT molecular complexity index is 356. The van der Waals surface area contributed by atoms with Gasteiger partial charge < -0.3 is 10.4 Å². The van der Waals surface area contributed by atoms with Gasteiger partial charge in [-0.2, -0.15) is 0 Å². The average Bonchev–Trinajstić information content (AvgIpc) is 2.84. The monoisotopic (exact) mass is 251 g/mol. The van der Waals surface area contributed by atoms with Crippen LogP contribution >= 0.6 is 11.3 Å². The van der Waals surface area contributed by atoms with E-state index < -0.39 is 5.60 Å². The molecule has 0 bridgehead atoms. The maximum atomic E-state index is 10.3. The van der Waals surface area contributed by atoms with Gasteiger partial charge in [0.15, 0.2) is 0 Å². The van der Waals surface area contributed by atoms with Crippen LogP contribution in [0.15, 0.2) is 29.7 Å². The van der Waals surface area contributed by atoms with Crippen LogP contribution < -0.4 is 5.32 Å². The number of thiophene rings is 1. The second-order valence-electron chi connectivity index (χ2n) is 5.03. The minimum absolute atomic E-state index is 0.633. The highest BCUT2D eigenvalue weighted by atomic mass is 32.1. The summed E-state index contributed by atoms with van der Waals surface area (Å²) in [6.07, 6.45) is 8.18. The third kappa shape index (κ3) is 3.66. The standard InChI is InChI=1S/C14H21NOS/c1-14(16,13-8-5-9-17-13)11-15-10-12-6-3-2-4-7-12/h2-3,5,8-9,12,15-16H,4,6-7,10-11H2,1H3. The third-order valence-corrected chi connectivity index (χ3v) is 4.45. The van der Waals surface area contributed by atoms with Gasteiger partial charge in [-0.15, -0.1) is 11.3 Å². The maximum Gasteiger partial charge on any atom is 0.108 e. The van der Waals surface area contributed by atoms with Crippen molar-refractivity contribution in [1.82, 2.24) is 5.32 Å². The van der Waals surface area contributed by atoms with Gasteiger partial charge >= 0.3 is 0 Å². The van der Waals surface area contributed by atoms with Gasteiger partial charge in [0.05, 0.1) is 0 Å². The molecule has 0 spiro atoms. The van der Waals surface area contributed by atoms with Crippen molar-refractivity contribution in [2.75, 3.05) is 13.1 Å². The molecule has 0 saturated carbocycles. The van der Waals surface area contributed by atoms with Crippen LogP contribution in [-0.4, -0.2) is 18.2 Å². The summed E-state index contributed by atoms with van der Waals surface area (Å²) < 4.78 is 0. The zero-order valence-electron chi connectivity index (χ0n) is 10.4. The molecule has 94 valence electrons. The lowest BCUT2D eigenvalue weighted by atomic mass is 9.94. The Kier molecular flexibility index (Phi) is 4.37. The van der Waals surface area contributed by atoms with Gasteiger partial charge in [0.25, 0.3) is 0 Å². The maximum absolute atomic E-state index is 10.3. The Morgan fingerprint density at radius 2 is 2.41 bits per heavy atom. The van der Waals surface area contributed by atoms with E-state index in [-0.39, 0.29) is 0 Å². The molecule has 1 aromatic heterocycles. The van der Waals surface area contributed by atoms with Crippen LogP contribution in [0, 0.1) is 5.92 Å². The lowest BCUT2D eigenvalue weighted by Crippen LogP contribution is -2.37. The predicted octanol–water partition coefficient (Wildman–Crippen LogP) is 2.90. The first kappa shape index (κ1) is 12.8. The molecule has 2 nitrogen and oxygen atoms in total. The highest BCUT2D eigenvalue weighted by Gasteiger charge is 2.24. The van der Waals surface area contributed by atoms with Crippen LogP contribution in [0.25, 0.3) is 0 Å². The number of nitrogens with one attached hydrogen (secondary N) is 1. The molecule has 0 aliphatic heterocycles. The normalized spacial score (nSPS) is 23.5. The summed E-state index contributed by atoms with van der Waals surface area (Å²) in [6.45, 7) is 3.52. The Labute approximate surface area is 107 Å². The van der Waals surface area contributed by atoms with Gasteiger partial charge in [-0.25, -0.2) is 0 Å². The SMILES string of the molecule is CC(O)(CNCC1CC=CCC1)c1cccs1. The molecule has 3 heteroatoms. The molecule has 0 aromatic carbocycles. The Morgan fingerprint density at radius 3 is 3.06 bits per heavy atom. The molecule has 1 aromatic rings. The summed E-state index contributed by atoms with van der Waals surface area (Å²) in [4.78, 5) is 1.04. The van der Waals surface area contributed by atoms with E-state index in [1.54, 1.807) is 11.3 Å². The fraction of sp³-hybridized carbons (Fsp3) is 0.571. The van der Waals surface area contributed by atoms with E-state index in [1.807, 2.05) is 24.4 Å². The largest absolute Gasteiger partial charge is 0.383 e. The van der Waals surface area contributed by atoms with E-state index in [2.05, 4.69) is 17.5 Å².